The van der Waals surface area contributed by atoms with Crippen molar-refractivity contribution in [2.24, 2.45) is 17.8 Å². The number of carbonyl (C=O) groups is 1. The molecule has 2 fully saturated rings. The Bertz CT molecular complexity index is 906. The molecule has 2 aliphatic carbocycles. The van der Waals surface area contributed by atoms with Crippen LogP contribution in [0.15, 0.2) is 0 Å². The fourth-order valence-corrected chi connectivity index (χ4v) is 5.67. The third kappa shape index (κ3) is 3.32. The Morgan fingerprint density at radius 2 is 2.07 bits per heavy atom. The number of hydrogen-bond donors (Lipinski definition) is 1. The quantitative estimate of drug-likeness (QED) is 0.734. The number of aryl methyl sites for hydroxylation is 3. The van der Waals surface area contributed by atoms with Crippen LogP contribution in [0, 0.1) is 31.6 Å². The molecule has 2 aromatic heterocycles. The van der Waals surface area contributed by atoms with Crippen LogP contribution in [0.2, 0.25) is 5.02 Å². The molecule has 2 aromatic rings. The summed E-state index contributed by atoms with van der Waals surface area (Å²) in [6.45, 7) is 8.92. The van der Waals surface area contributed by atoms with E-state index in [1.165, 1.54) is 25.7 Å². The first-order valence-corrected chi connectivity index (χ1v) is 11.1. The molecule has 2 aliphatic rings. The number of pyridine rings is 1. The van der Waals surface area contributed by atoms with Gasteiger partial charge in [0.25, 0.3) is 5.91 Å². The van der Waals surface area contributed by atoms with Gasteiger partial charge in [-0.15, -0.1) is 0 Å². The van der Waals surface area contributed by atoms with Gasteiger partial charge in [0.05, 0.1) is 27.4 Å². The highest BCUT2D eigenvalue weighted by atomic mass is 35.5. The first-order valence-electron chi connectivity index (χ1n) is 10.7. The average Bonchev–Trinajstić information content (AvgIpc) is 3.36. The molecule has 5 nitrogen and oxygen atoms in total. The van der Waals surface area contributed by atoms with Crippen molar-refractivity contribution in [3.8, 4) is 0 Å². The first kappa shape index (κ1) is 19.7. The summed E-state index contributed by atoms with van der Waals surface area (Å²) < 4.78 is 1.92. The van der Waals surface area contributed by atoms with Crippen LogP contribution in [0.5, 0.6) is 0 Å². The largest absolute Gasteiger partial charge is 0.349 e. The van der Waals surface area contributed by atoms with Crippen LogP contribution in [-0.2, 0) is 6.54 Å². The number of hydrogen-bond acceptors (Lipinski definition) is 3. The zero-order valence-electron chi connectivity index (χ0n) is 17.4. The third-order valence-electron chi connectivity index (χ3n) is 6.91. The van der Waals surface area contributed by atoms with Crippen LogP contribution in [-0.4, -0.2) is 26.7 Å². The summed E-state index contributed by atoms with van der Waals surface area (Å²) in [7, 11) is 0. The molecular weight excluding hydrogens is 372 g/mol. The van der Waals surface area contributed by atoms with E-state index in [2.05, 4.69) is 29.2 Å². The maximum Gasteiger partial charge on any atom is 0.253 e. The van der Waals surface area contributed by atoms with Gasteiger partial charge in [-0.3, -0.25) is 4.79 Å². The van der Waals surface area contributed by atoms with E-state index in [9.17, 15) is 4.79 Å². The summed E-state index contributed by atoms with van der Waals surface area (Å²) in [5, 5.41) is 9.17. The highest BCUT2D eigenvalue weighted by Crippen LogP contribution is 2.49. The van der Waals surface area contributed by atoms with E-state index in [4.69, 9.17) is 11.6 Å². The van der Waals surface area contributed by atoms with E-state index in [1.807, 2.05) is 18.5 Å². The lowest BCUT2D eigenvalue weighted by Crippen LogP contribution is -2.40. The van der Waals surface area contributed by atoms with Crippen molar-refractivity contribution in [1.29, 1.82) is 0 Å². The summed E-state index contributed by atoms with van der Waals surface area (Å²) in [5.41, 5.74) is 2.81. The number of amides is 1. The second-order valence-corrected chi connectivity index (χ2v) is 9.23. The zero-order valence-corrected chi connectivity index (χ0v) is 18.1. The second-order valence-electron chi connectivity index (χ2n) is 8.85. The van der Waals surface area contributed by atoms with Crippen molar-refractivity contribution in [3.63, 3.8) is 0 Å². The molecule has 4 rings (SSSR count). The lowest BCUT2D eigenvalue weighted by Gasteiger charge is -2.28. The highest BCUT2D eigenvalue weighted by molar-refractivity contribution is 6.36. The van der Waals surface area contributed by atoms with Gasteiger partial charge < -0.3 is 5.32 Å². The molecule has 0 unspecified atom stereocenters. The normalized spacial score (nSPS) is 24.8. The number of unbranched alkanes of at least 4 members (excludes halogenated alkanes) is 1. The Morgan fingerprint density at radius 3 is 2.71 bits per heavy atom. The molecule has 0 radical (unpaired) electrons. The SMILES string of the molecule is CCCCn1nc(C)c2c(C(=O)N[C@H](C)[C@H]3C[C@H]4CC[C@H]3C4)c(Cl)c(C)nc21. The van der Waals surface area contributed by atoms with Gasteiger partial charge in [0.1, 0.15) is 0 Å². The van der Waals surface area contributed by atoms with Gasteiger partial charge in [-0.25, -0.2) is 9.67 Å². The molecular formula is C22H31ClN4O. The Balaban J connectivity index is 1.66. The summed E-state index contributed by atoms with van der Waals surface area (Å²) >= 11 is 6.60. The molecule has 6 heteroatoms. The van der Waals surface area contributed by atoms with Crippen LogP contribution >= 0.6 is 11.6 Å². The Morgan fingerprint density at radius 1 is 1.29 bits per heavy atom. The minimum absolute atomic E-state index is 0.0890. The maximum atomic E-state index is 13.3. The summed E-state index contributed by atoms with van der Waals surface area (Å²) in [4.78, 5) is 18.0. The standard InChI is InChI=1S/C22H31ClN4O/c1-5-6-9-27-21-18(13(3)26-27)19(20(23)14(4)24-21)22(28)25-12(2)17-11-15-7-8-16(17)10-15/h12,15-17H,5-11H2,1-4H3,(H,25,28)/t12-,15+,16+,17-/m1/s1. The Labute approximate surface area is 172 Å². The van der Waals surface area contributed by atoms with Crippen LogP contribution in [0.4, 0.5) is 0 Å². The van der Waals surface area contributed by atoms with Gasteiger partial charge in [0.15, 0.2) is 5.65 Å². The monoisotopic (exact) mass is 402 g/mol. The predicted molar refractivity (Wildman–Crippen MR) is 113 cm³/mol. The highest BCUT2D eigenvalue weighted by Gasteiger charge is 2.42. The summed E-state index contributed by atoms with van der Waals surface area (Å²) in [5.74, 6) is 2.14. The molecule has 2 saturated carbocycles. The number of fused-ring (bicyclic) bond motifs is 3. The number of nitrogens with one attached hydrogen (secondary N) is 1. The zero-order chi connectivity index (χ0) is 20.0. The van der Waals surface area contributed by atoms with E-state index in [0.29, 0.717) is 22.2 Å². The van der Waals surface area contributed by atoms with Gasteiger partial charge in [-0.05, 0) is 64.2 Å². The molecule has 152 valence electrons. The number of nitrogens with zero attached hydrogens (tertiary/aromatic N) is 3. The van der Waals surface area contributed by atoms with E-state index in [-0.39, 0.29) is 11.9 Å². The Hall–Kier alpha value is -1.62. The van der Waals surface area contributed by atoms with Crippen LogP contribution in [0.3, 0.4) is 0 Å². The number of carbonyl (C=O) groups excluding carboxylic acids is 1. The topological polar surface area (TPSA) is 59.8 Å². The molecule has 1 N–H and O–H groups in total. The summed E-state index contributed by atoms with van der Waals surface area (Å²) in [6.07, 6.45) is 7.39. The molecule has 28 heavy (non-hydrogen) atoms. The number of halogens is 1. The van der Waals surface area contributed by atoms with E-state index < -0.39 is 0 Å². The third-order valence-corrected chi connectivity index (χ3v) is 7.37. The molecule has 0 saturated heterocycles. The second kappa shape index (κ2) is 7.66. The minimum atomic E-state index is -0.0890. The van der Waals surface area contributed by atoms with Gasteiger partial charge in [-0.1, -0.05) is 31.4 Å². The fourth-order valence-electron chi connectivity index (χ4n) is 5.44. The molecule has 0 aromatic carbocycles. The molecule has 2 heterocycles. The minimum Gasteiger partial charge on any atom is -0.349 e. The molecule has 2 bridgehead atoms. The fraction of sp³-hybridized carbons (Fsp3) is 0.682. The van der Waals surface area contributed by atoms with Crippen molar-refractivity contribution in [1.82, 2.24) is 20.1 Å². The van der Waals surface area contributed by atoms with Gasteiger partial charge in [-0.2, -0.15) is 5.10 Å². The van der Waals surface area contributed by atoms with Gasteiger partial charge in [0.2, 0.25) is 0 Å². The van der Waals surface area contributed by atoms with E-state index in [1.54, 1.807) is 0 Å². The van der Waals surface area contributed by atoms with Crippen molar-refractivity contribution < 1.29 is 4.79 Å². The van der Waals surface area contributed by atoms with Crippen molar-refractivity contribution in [3.05, 3.63) is 22.0 Å². The van der Waals surface area contributed by atoms with Crippen LogP contribution in [0.1, 0.15) is 74.1 Å². The lowest BCUT2D eigenvalue weighted by molar-refractivity contribution is 0.0917. The molecule has 1 amide bonds. The maximum absolute atomic E-state index is 13.3. The van der Waals surface area contributed by atoms with Crippen molar-refractivity contribution in [2.75, 3.05) is 0 Å². The lowest BCUT2D eigenvalue weighted by atomic mass is 9.84. The van der Waals surface area contributed by atoms with Crippen molar-refractivity contribution >= 4 is 28.5 Å². The smallest absolute Gasteiger partial charge is 0.253 e. The summed E-state index contributed by atoms with van der Waals surface area (Å²) in [6, 6.07) is 0.165. The van der Waals surface area contributed by atoms with E-state index >= 15 is 0 Å². The van der Waals surface area contributed by atoms with Crippen LogP contribution < -0.4 is 5.32 Å². The molecule has 4 atom stereocenters. The first-order chi connectivity index (χ1) is 13.4. The van der Waals surface area contributed by atoms with Gasteiger partial charge >= 0.3 is 0 Å². The van der Waals surface area contributed by atoms with Gasteiger partial charge in [0, 0.05) is 12.6 Å². The molecule has 0 spiro atoms. The van der Waals surface area contributed by atoms with E-state index in [0.717, 1.165) is 47.9 Å². The van der Waals surface area contributed by atoms with Crippen molar-refractivity contribution in [2.45, 2.75) is 78.8 Å². The average molecular weight is 403 g/mol. The number of rotatable bonds is 6. The predicted octanol–water partition coefficient (Wildman–Crippen LogP) is 5.06. The Kier molecular flexibility index (Phi) is 5.38. The molecule has 0 aliphatic heterocycles. The van der Waals surface area contributed by atoms with Crippen LogP contribution in [0.25, 0.3) is 11.0 Å². The number of aromatic nitrogens is 3.